The number of thioether (sulfide) groups is 2. The molecule has 62 valence electrons. The summed E-state index contributed by atoms with van der Waals surface area (Å²) in [6, 6.07) is 0. The molecule has 0 aliphatic rings. The molecule has 0 heterocycles. The van der Waals surface area contributed by atoms with E-state index in [0.717, 1.165) is 0 Å². The van der Waals surface area contributed by atoms with Crippen molar-refractivity contribution in [2.75, 3.05) is 23.0 Å². The smallest absolute Gasteiger partial charge is 0.0198 e. The summed E-state index contributed by atoms with van der Waals surface area (Å²) in [6.07, 6.45) is 0. The molecule has 0 unspecified atom stereocenters. The molecule has 0 aliphatic carbocycles. The summed E-state index contributed by atoms with van der Waals surface area (Å²) in [5, 5.41) is 0.592. The predicted octanol–water partition coefficient (Wildman–Crippen LogP) is 2.79. The van der Waals surface area contributed by atoms with E-state index >= 15 is 0 Å². The van der Waals surface area contributed by atoms with Gasteiger partial charge in [0.25, 0.3) is 0 Å². The molecule has 0 rings (SSSR count). The Morgan fingerprint density at radius 3 is 1.80 bits per heavy atom. The van der Waals surface area contributed by atoms with Crippen molar-refractivity contribution in [3.63, 3.8) is 0 Å². The van der Waals surface area contributed by atoms with Crippen LogP contribution in [0.1, 0.15) is 13.8 Å². The molecule has 0 nitrogen and oxygen atoms in total. The zero-order valence-corrected chi connectivity index (χ0v) is 9.20. The van der Waals surface area contributed by atoms with Crippen molar-refractivity contribution in [3.05, 3.63) is 0 Å². The first-order valence-corrected chi connectivity index (χ1v) is 6.47. The van der Waals surface area contributed by atoms with E-state index < -0.39 is 0 Å². The Kier molecular flexibility index (Phi) is 9.01. The monoisotopic (exact) mass is 196 g/mol. The molecule has 3 heteroatoms. The predicted molar refractivity (Wildman–Crippen MR) is 58.8 cm³/mol. The van der Waals surface area contributed by atoms with Crippen molar-refractivity contribution in [1.29, 1.82) is 0 Å². The second kappa shape index (κ2) is 8.15. The van der Waals surface area contributed by atoms with Gasteiger partial charge in [-0.25, -0.2) is 0 Å². The summed E-state index contributed by atoms with van der Waals surface area (Å²) in [7, 11) is 0. The van der Waals surface area contributed by atoms with Crippen LogP contribution in [0.2, 0.25) is 0 Å². The summed E-state index contributed by atoms with van der Waals surface area (Å²) >= 11 is 8.41. The lowest BCUT2D eigenvalue weighted by Gasteiger charge is -2.07. The minimum absolute atomic E-state index is 0.592. The van der Waals surface area contributed by atoms with Crippen molar-refractivity contribution in [2.45, 2.75) is 19.1 Å². The highest BCUT2D eigenvalue weighted by atomic mass is 32.2. The van der Waals surface area contributed by atoms with E-state index in [4.69, 9.17) is 0 Å². The van der Waals surface area contributed by atoms with Crippen LogP contribution in [0.3, 0.4) is 0 Å². The molecule has 0 atom stereocenters. The highest BCUT2D eigenvalue weighted by Gasteiger charge is 2.00. The molecule has 0 aromatic carbocycles. The fourth-order valence-corrected chi connectivity index (χ4v) is 2.59. The van der Waals surface area contributed by atoms with Crippen LogP contribution in [-0.2, 0) is 0 Å². The van der Waals surface area contributed by atoms with Crippen LogP contribution in [-0.4, -0.2) is 28.3 Å². The van der Waals surface area contributed by atoms with Crippen LogP contribution >= 0.6 is 36.2 Å². The van der Waals surface area contributed by atoms with Gasteiger partial charge in [0.2, 0.25) is 0 Å². The first kappa shape index (κ1) is 11.1. The van der Waals surface area contributed by atoms with Crippen LogP contribution in [0.5, 0.6) is 0 Å². The van der Waals surface area contributed by atoms with Gasteiger partial charge >= 0.3 is 0 Å². The maximum Gasteiger partial charge on any atom is 0.0198 e. The molecule has 0 fully saturated rings. The van der Waals surface area contributed by atoms with Crippen LogP contribution in [0.4, 0.5) is 0 Å². The zero-order chi connectivity index (χ0) is 7.82. The number of hydrogen-bond acceptors (Lipinski definition) is 3. The molecule has 0 N–H and O–H groups in total. The van der Waals surface area contributed by atoms with Gasteiger partial charge < -0.3 is 0 Å². The Balaban J connectivity index is 3.00. The Morgan fingerprint density at radius 1 is 1.10 bits per heavy atom. The van der Waals surface area contributed by atoms with E-state index in [1.165, 1.54) is 23.0 Å². The van der Waals surface area contributed by atoms with E-state index in [2.05, 4.69) is 26.5 Å². The van der Waals surface area contributed by atoms with Gasteiger partial charge in [0, 0.05) is 16.8 Å². The average Bonchev–Trinajstić information content (AvgIpc) is 1.97. The molecule has 10 heavy (non-hydrogen) atoms. The van der Waals surface area contributed by atoms with Gasteiger partial charge in [0.15, 0.2) is 0 Å². The molecule has 0 amide bonds. The number of hydrogen-bond donors (Lipinski definition) is 1. The highest BCUT2D eigenvalue weighted by Crippen LogP contribution is 2.12. The van der Waals surface area contributed by atoms with E-state index in [9.17, 15) is 0 Å². The standard InChI is InChI=1S/C7H16S3/c1-3-9-5-7(8)6-10-4-2/h7-8H,3-6H2,1-2H3. The maximum atomic E-state index is 4.46. The van der Waals surface area contributed by atoms with Gasteiger partial charge in [-0.15, -0.1) is 0 Å². The summed E-state index contributed by atoms with van der Waals surface area (Å²) in [5.74, 6) is 4.83. The first-order valence-electron chi connectivity index (χ1n) is 3.64. The van der Waals surface area contributed by atoms with Gasteiger partial charge in [-0.1, -0.05) is 13.8 Å². The summed E-state index contributed by atoms with van der Waals surface area (Å²) < 4.78 is 0. The Labute approximate surface area is 78.3 Å². The minimum Gasteiger partial charge on any atom is -0.174 e. The zero-order valence-electron chi connectivity index (χ0n) is 6.67. The first-order chi connectivity index (χ1) is 4.81. The van der Waals surface area contributed by atoms with Crippen LogP contribution in [0.15, 0.2) is 0 Å². The van der Waals surface area contributed by atoms with E-state index in [-0.39, 0.29) is 0 Å². The molecule has 0 saturated heterocycles. The third kappa shape index (κ3) is 7.16. The molecule has 0 bridgehead atoms. The molecule has 0 saturated carbocycles. The molecule has 0 spiro atoms. The maximum absolute atomic E-state index is 4.46. The molecular formula is C7H16S3. The molecular weight excluding hydrogens is 180 g/mol. The average molecular weight is 196 g/mol. The summed E-state index contributed by atoms with van der Waals surface area (Å²) in [5.41, 5.74) is 0. The van der Waals surface area contributed by atoms with Crippen molar-refractivity contribution in [3.8, 4) is 0 Å². The Morgan fingerprint density at radius 2 is 1.50 bits per heavy atom. The normalized spacial score (nSPS) is 10.8. The van der Waals surface area contributed by atoms with Crippen molar-refractivity contribution < 1.29 is 0 Å². The Bertz CT molecular complexity index is 57.9. The lowest BCUT2D eigenvalue weighted by atomic mass is 10.5. The van der Waals surface area contributed by atoms with Gasteiger partial charge in [-0.2, -0.15) is 36.2 Å². The fourth-order valence-electron chi connectivity index (χ4n) is 0.556. The third-order valence-electron chi connectivity index (χ3n) is 1.03. The number of thiol groups is 1. The quantitative estimate of drug-likeness (QED) is 0.649. The second-order valence-electron chi connectivity index (χ2n) is 1.97. The lowest BCUT2D eigenvalue weighted by molar-refractivity contribution is 1.16. The van der Waals surface area contributed by atoms with Gasteiger partial charge in [0.1, 0.15) is 0 Å². The highest BCUT2D eigenvalue weighted by molar-refractivity contribution is 8.01. The van der Waals surface area contributed by atoms with Crippen molar-refractivity contribution in [1.82, 2.24) is 0 Å². The third-order valence-corrected chi connectivity index (χ3v) is 3.98. The lowest BCUT2D eigenvalue weighted by Crippen LogP contribution is -2.06. The SMILES string of the molecule is CCSCC(S)CSCC. The molecule has 0 aliphatic heterocycles. The van der Waals surface area contributed by atoms with Crippen LogP contribution in [0.25, 0.3) is 0 Å². The Hall–Kier alpha value is 1.05. The minimum atomic E-state index is 0.592. The van der Waals surface area contributed by atoms with Gasteiger partial charge in [-0.05, 0) is 11.5 Å². The van der Waals surface area contributed by atoms with Crippen LogP contribution in [0, 0.1) is 0 Å². The van der Waals surface area contributed by atoms with Crippen molar-refractivity contribution in [2.24, 2.45) is 0 Å². The molecule has 0 radical (unpaired) electrons. The van der Waals surface area contributed by atoms with Crippen molar-refractivity contribution >= 4 is 36.2 Å². The van der Waals surface area contributed by atoms with E-state index in [1.54, 1.807) is 0 Å². The summed E-state index contributed by atoms with van der Waals surface area (Å²) in [4.78, 5) is 0. The second-order valence-corrected chi connectivity index (χ2v) is 5.34. The fraction of sp³-hybridized carbons (Fsp3) is 1.00. The largest absolute Gasteiger partial charge is 0.174 e. The van der Waals surface area contributed by atoms with Gasteiger partial charge in [-0.3, -0.25) is 0 Å². The van der Waals surface area contributed by atoms with E-state index in [0.29, 0.717) is 5.25 Å². The van der Waals surface area contributed by atoms with Gasteiger partial charge in [0.05, 0.1) is 0 Å². The number of rotatable bonds is 6. The molecule has 0 aromatic rings. The summed E-state index contributed by atoms with van der Waals surface area (Å²) in [6.45, 7) is 4.39. The van der Waals surface area contributed by atoms with Crippen LogP contribution < -0.4 is 0 Å². The topological polar surface area (TPSA) is 0 Å². The molecule has 0 aromatic heterocycles. The van der Waals surface area contributed by atoms with E-state index in [1.807, 2.05) is 23.5 Å².